The van der Waals surface area contributed by atoms with Crippen molar-refractivity contribution in [2.45, 2.75) is 0 Å². The van der Waals surface area contributed by atoms with Crippen molar-refractivity contribution in [2.24, 2.45) is 0 Å². The van der Waals surface area contributed by atoms with E-state index in [9.17, 15) is 0 Å². The van der Waals surface area contributed by atoms with Crippen molar-refractivity contribution in [2.75, 3.05) is 0 Å². The molecule has 0 unspecified atom stereocenters. The van der Waals surface area contributed by atoms with Gasteiger partial charge in [-0.05, 0) is 95.1 Å². The maximum Gasteiger partial charge on any atom is 0.145 e. The van der Waals surface area contributed by atoms with Gasteiger partial charge in [-0.25, -0.2) is 4.98 Å². The number of hydrogen-bond donors (Lipinski definition) is 0. The molecule has 0 atom stereocenters. The molecule has 7 aromatic carbocycles. The zero-order valence-corrected chi connectivity index (χ0v) is 26.0. The number of hydrogen-bond acceptors (Lipinski definition) is 3. The van der Waals surface area contributed by atoms with Crippen LogP contribution in [-0.2, 0) is 0 Å². The fourth-order valence-electron chi connectivity index (χ4n) is 6.94. The molecule has 4 heteroatoms. The molecule has 0 aliphatic carbocycles. The standard InChI is InChI=1S/C43H26N2OS/c1-2-11-32(12-3-1)45-38-15-6-5-14-37(38)44-43(45)31-10-8-9-27(23-31)29-18-21-41-35(25-29)36-26-30(19-22-42(36)47-41)28-17-20-40-34(24-28)33-13-4-7-16-39(33)46-40/h1-26H. The average Bonchev–Trinajstić information content (AvgIpc) is 3.82. The van der Waals surface area contributed by atoms with Gasteiger partial charge in [0.25, 0.3) is 0 Å². The zero-order valence-electron chi connectivity index (χ0n) is 25.2. The van der Waals surface area contributed by atoms with Gasteiger partial charge in [0.05, 0.1) is 11.0 Å². The summed E-state index contributed by atoms with van der Waals surface area (Å²) in [5.74, 6) is 0.938. The Morgan fingerprint density at radius 2 is 1.06 bits per heavy atom. The third-order valence-electron chi connectivity index (χ3n) is 9.21. The Morgan fingerprint density at radius 1 is 0.447 bits per heavy atom. The second-order valence-electron chi connectivity index (χ2n) is 12.0. The molecule has 47 heavy (non-hydrogen) atoms. The lowest BCUT2D eigenvalue weighted by atomic mass is 9.98. The molecule has 0 amide bonds. The predicted octanol–water partition coefficient (Wildman–Crippen LogP) is 12.3. The Bertz CT molecular complexity index is 2800. The van der Waals surface area contributed by atoms with Crippen LogP contribution in [0.25, 0.3) is 92.5 Å². The Hall–Kier alpha value is -5.97. The van der Waals surface area contributed by atoms with E-state index >= 15 is 0 Å². The van der Waals surface area contributed by atoms with Crippen molar-refractivity contribution in [3.05, 3.63) is 158 Å². The first kappa shape index (κ1) is 26.3. The van der Waals surface area contributed by atoms with Crippen LogP contribution < -0.4 is 0 Å². The molecular weight excluding hydrogens is 593 g/mol. The number of furan rings is 1. The average molecular weight is 619 g/mol. The first-order chi connectivity index (χ1) is 23.3. The number of para-hydroxylation sites is 4. The van der Waals surface area contributed by atoms with E-state index in [2.05, 4.69) is 150 Å². The zero-order chi connectivity index (χ0) is 30.9. The number of benzene rings is 7. The molecule has 10 rings (SSSR count). The number of thiophene rings is 1. The maximum absolute atomic E-state index is 6.09. The van der Waals surface area contributed by atoms with E-state index in [1.54, 1.807) is 0 Å². The van der Waals surface area contributed by atoms with Crippen LogP contribution in [0.3, 0.4) is 0 Å². The molecule has 220 valence electrons. The number of nitrogens with zero attached hydrogens (tertiary/aromatic N) is 2. The van der Waals surface area contributed by atoms with Crippen molar-refractivity contribution >= 4 is 64.5 Å². The lowest BCUT2D eigenvalue weighted by Gasteiger charge is -2.11. The molecule has 10 aromatic rings. The summed E-state index contributed by atoms with van der Waals surface area (Å²) in [6.07, 6.45) is 0. The summed E-state index contributed by atoms with van der Waals surface area (Å²) >= 11 is 1.85. The van der Waals surface area contributed by atoms with Gasteiger partial charge in [-0.1, -0.05) is 84.9 Å². The Morgan fingerprint density at radius 3 is 1.87 bits per heavy atom. The molecule has 0 spiro atoms. The third kappa shape index (κ3) is 4.23. The van der Waals surface area contributed by atoms with Gasteiger partial charge in [0, 0.05) is 42.2 Å². The normalized spacial score (nSPS) is 11.8. The number of aromatic nitrogens is 2. The second-order valence-corrected chi connectivity index (χ2v) is 13.1. The molecule has 0 saturated carbocycles. The lowest BCUT2D eigenvalue weighted by molar-refractivity contribution is 0.669. The monoisotopic (exact) mass is 618 g/mol. The van der Waals surface area contributed by atoms with Crippen LogP contribution in [0.1, 0.15) is 0 Å². The van der Waals surface area contributed by atoms with Gasteiger partial charge in [0.2, 0.25) is 0 Å². The molecule has 0 aliphatic heterocycles. The molecule has 3 aromatic heterocycles. The van der Waals surface area contributed by atoms with Crippen molar-refractivity contribution in [1.29, 1.82) is 0 Å². The summed E-state index contributed by atoms with van der Waals surface area (Å²) in [6, 6.07) is 56.1. The maximum atomic E-state index is 6.09. The van der Waals surface area contributed by atoms with E-state index in [-0.39, 0.29) is 0 Å². The predicted molar refractivity (Wildman–Crippen MR) is 198 cm³/mol. The van der Waals surface area contributed by atoms with Crippen molar-refractivity contribution in [3.63, 3.8) is 0 Å². The molecule has 0 radical (unpaired) electrons. The van der Waals surface area contributed by atoms with Crippen molar-refractivity contribution in [3.8, 4) is 39.3 Å². The Kier molecular flexibility index (Phi) is 5.74. The summed E-state index contributed by atoms with van der Waals surface area (Å²) < 4.78 is 10.9. The molecule has 0 bridgehead atoms. The smallest absolute Gasteiger partial charge is 0.145 e. The van der Waals surface area contributed by atoms with Crippen LogP contribution in [0.4, 0.5) is 0 Å². The Labute approximate surface area is 274 Å². The minimum atomic E-state index is 0.920. The third-order valence-corrected chi connectivity index (χ3v) is 10.4. The van der Waals surface area contributed by atoms with E-state index in [0.29, 0.717) is 0 Å². The van der Waals surface area contributed by atoms with Gasteiger partial charge in [0.15, 0.2) is 0 Å². The fraction of sp³-hybridized carbons (Fsp3) is 0. The highest BCUT2D eigenvalue weighted by molar-refractivity contribution is 7.25. The summed E-state index contributed by atoms with van der Waals surface area (Å²) in [6.45, 7) is 0. The molecule has 3 heterocycles. The second kappa shape index (κ2) is 10.3. The molecule has 3 nitrogen and oxygen atoms in total. The number of rotatable bonds is 4. The summed E-state index contributed by atoms with van der Waals surface area (Å²) in [5.41, 5.74) is 10.9. The summed E-state index contributed by atoms with van der Waals surface area (Å²) in [4.78, 5) is 5.11. The fourth-order valence-corrected chi connectivity index (χ4v) is 8.00. The molecule has 0 saturated heterocycles. The summed E-state index contributed by atoms with van der Waals surface area (Å²) in [5, 5.41) is 4.86. The van der Waals surface area contributed by atoms with E-state index in [0.717, 1.165) is 50.0 Å². The van der Waals surface area contributed by atoms with Gasteiger partial charge in [0.1, 0.15) is 17.0 Å². The summed E-state index contributed by atoms with van der Waals surface area (Å²) in [7, 11) is 0. The van der Waals surface area contributed by atoms with Crippen molar-refractivity contribution < 1.29 is 4.42 Å². The quantitative estimate of drug-likeness (QED) is 0.196. The van der Waals surface area contributed by atoms with Crippen LogP contribution >= 0.6 is 11.3 Å². The highest BCUT2D eigenvalue weighted by Crippen LogP contribution is 2.40. The van der Waals surface area contributed by atoms with E-state index in [4.69, 9.17) is 9.40 Å². The van der Waals surface area contributed by atoms with Gasteiger partial charge in [-0.3, -0.25) is 4.57 Å². The van der Waals surface area contributed by atoms with Gasteiger partial charge >= 0.3 is 0 Å². The van der Waals surface area contributed by atoms with E-state index in [1.807, 2.05) is 23.5 Å². The van der Waals surface area contributed by atoms with Gasteiger partial charge < -0.3 is 4.42 Å². The Balaban J connectivity index is 1.09. The van der Waals surface area contributed by atoms with Gasteiger partial charge in [-0.15, -0.1) is 11.3 Å². The molecular formula is C43H26N2OS. The highest BCUT2D eigenvalue weighted by Gasteiger charge is 2.16. The van der Waals surface area contributed by atoms with Crippen LogP contribution in [-0.4, -0.2) is 9.55 Å². The minimum Gasteiger partial charge on any atom is -0.456 e. The number of fused-ring (bicyclic) bond motifs is 7. The minimum absolute atomic E-state index is 0.920. The van der Waals surface area contributed by atoms with Crippen molar-refractivity contribution in [1.82, 2.24) is 9.55 Å². The molecule has 0 N–H and O–H groups in total. The van der Waals surface area contributed by atoms with Crippen LogP contribution in [0.5, 0.6) is 0 Å². The highest BCUT2D eigenvalue weighted by atomic mass is 32.1. The number of imidazole rings is 1. The van der Waals surface area contributed by atoms with Crippen LogP contribution in [0.2, 0.25) is 0 Å². The van der Waals surface area contributed by atoms with Crippen LogP contribution in [0, 0.1) is 0 Å². The SMILES string of the molecule is c1ccc(-n2c(-c3cccc(-c4ccc5sc6ccc(-c7ccc8oc9ccccc9c8c7)cc6c5c4)c3)nc3ccccc32)cc1. The first-order valence-corrected chi connectivity index (χ1v) is 16.6. The van der Waals surface area contributed by atoms with Gasteiger partial charge in [-0.2, -0.15) is 0 Å². The largest absolute Gasteiger partial charge is 0.456 e. The molecule has 0 fully saturated rings. The first-order valence-electron chi connectivity index (χ1n) is 15.8. The van der Waals surface area contributed by atoms with E-state index in [1.165, 1.54) is 42.4 Å². The molecule has 0 aliphatic rings. The lowest BCUT2D eigenvalue weighted by Crippen LogP contribution is -1.97. The van der Waals surface area contributed by atoms with E-state index < -0.39 is 0 Å². The topological polar surface area (TPSA) is 31.0 Å². The van der Waals surface area contributed by atoms with Crippen LogP contribution in [0.15, 0.2) is 162 Å².